The van der Waals surface area contributed by atoms with Crippen molar-refractivity contribution in [1.29, 1.82) is 0 Å². The van der Waals surface area contributed by atoms with E-state index in [1.54, 1.807) is 7.11 Å². The van der Waals surface area contributed by atoms with Crippen molar-refractivity contribution in [3.63, 3.8) is 0 Å². The quantitative estimate of drug-likeness (QED) is 0.830. The zero-order valence-corrected chi connectivity index (χ0v) is 15.0. The summed E-state index contributed by atoms with van der Waals surface area (Å²) in [6, 6.07) is 4.10. The second-order valence-electron chi connectivity index (χ2n) is 7.21. The average Bonchev–Trinajstić information content (AvgIpc) is 2.60. The van der Waals surface area contributed by atoms with E-state index in [9.17, 15) is 4.79 Å². The van der Waals surface area contributed by atoms with E-state index in [2.05, 4.69) is 22.9 Å². The summed E-state index contributed by atoms with van der Waals surface area (Å²) in [6.07, 6.45) is 5.98. The summed E-state index contributed by atoms with van der Waals surface area (Å²) >= 11 is 0. The predicted molar refractivity (Wildman–Crippen MR) is 93.6 cm³/mol. The van der Waals surface area contributed by atoms with Crippen LogP contribution in [0.4, 0.5) is 0 Å². The minimum Gasteiger partial charge on any atom is -0.383 e. The molecule has 0 unspecified atom stereocenters. The van der Waals surface area contributed by atoms with Crippen molar-refractivity contribution >= 4 is 5.91 Å². The number of ether oxygens (including phenoxy) is 1. The van der Waals surface area contributed by atoms with Gasteiger partial charge in [0.1, 0.15) is 0 Å². The fourth-order valence-electron chi connectivity index (χ4n) is 4.07. The first-order valence-corrected chi connectivity index (χ1v) is 9.06. The van der Waals surface area contributed by atoms with E-state index >= 15 is 0 Å². The molecule has 0 radical (unpaired) electrons. The maximum atomic E-state index is 13.0. The van der Waals surface area contributed by atoms with Gasteiger partial charge in [-0.1, -0.05) is 6.07 Å². The van der Waals surface area contributed by atoms with Crippen LogP contribution in [-0.2, 0) is 16.1 Å². The highest BCUT2D eigenvalue weighted by atomic mass is 16.5. The first kappa shape index (κ1) is 17.4. The molecule has 1 spiro atoms. The third-order valence-corrected chi connectivity index (χ3v) is 5.69. The van der Waals surface area contributed by atoms with E-state index in [0.717, 1.165) is 64.1 Å². The minimum absolute atomic E-state index is 0.123. The Morgan fingerprint density at radius 3 is 2.75 bits per heavy atom. The van der Waals surface area contributed by atoms with Gasteiger partial charge in [0.2, 0.25) is 5.91 Å². The largest absolute Gasteiger partial charge is 0.383 e. The summed E-state index contributed by atoms with van der Waals surface area (Å²) in [5, 5.41) is 0. The second kappa shape index (κ2) is 7.62. The Hall–Kier alpha value is -1.46. The third kappa shape index (κ3) is 3.62. The van der Waals surface area contributed by atoms with Crippen LogP contribution in [0.2, 0.25) is 0 Å². The maximum Gasteiger partial charge on any atom is 0.228 e. The molecular formula is C19H29N3O2. The fraction of sp³-hybridized carbons (Fsp3) is 0.684. The lowest BCUT2D eigenvalue weighted by Crippen LogP contribution is -2.54. The Kier molecular flexibility index (Phi) is 5.51. The number of rotatable bonds is 5. The highest BCUT2D eigenvalue weighted by molar-refractivity contribution is 5.83. The van der Waals surface area contributed by atoms with Gasteiger partial charge in [-0.2, -0.15) is 0 Å². The normalized spacial score (nSPS) is 21.4. The van der Waals surface area contributed by atoms with Crippen LogP contribution in [0.5, 0.6) is 0 Å². The van der Waals surface area contributed by atoms with E-state index < -0.39 is 0 Å². The van der Waals surface area contributed by atoms with Crippen LogP contribution in [0.1, 0.15) is 36.9 Å². The smallest absolute Gasteiger partial charge is 0.228 e. The van der Waals surface area contributed by atoms with Crippen LogP contribution in [0.15, 0.2) is 18.3 Å². The number of amides is 1. The molecule has 132 valence electrons. The molecule has 0 aliphatic carbocycles. The van der Waals surface area contributed by atoms with Crippen LogP contribution in [0.3, 0.4) is 0 Å². The number of aryl methyl sites for hydroxylation is 1. The van der Waals surface area contributed by atoms with E-state index in [0.29, 0.717) is 12.5 Å². The van der Waals surface area contributed by atoms with E-state index in [4.69, 9.17) is 4.74 Å². The summed E-state index contributed by atoms with van der Waals surface area (Å²) in [7, 11) is 1.70. The number of hydrogen-bond donors (Lipinski definition) is 0. The number of likely N-dealkylation sites (tertiary alicyclic amines) is 2. The monoisotopic (exact) mass is 331 g/mol. The Balaban J connectivity index is 1.59. The molecule has 0 N–H and O–H groups in total. The zero-order chi connectivity index (χ0) is 17.0. The molecule has 0 aromatic carbocycles. The molecule has 0 bridgehead atoms. The first-order valence-electron chi connectivity index (χ1n) is 9.06. The molecule has 2 fully saturated rings. The number of aromatic nitrogens is 1. The van der Waals surface area contributed by atoms with Gasteiger partial charge in [0.25, 0.3) is 0 Å². The molecule has 1 aromatic rings. The van der Waals surface area contributed by atoms with Crippen molar-refractivity contribution in [2.24, 2.45) is 5.41 Å². The fourth-order valence-corrected chi connectivity index (χ4v) is 4.07. The van der Waals surface area contributed by atoms with Gasteiger partial charge in [-0.25, -0.2) is 0 Å². The van der Waals surface area contributed by atoms with Gasteiger partial charge in [0.05, 0.1) is 17.7 Å². The molecule has 5 heteroatoms. The summed E-state index contributed by atoms with van der Waals surface area (Å²) in [5.74, 6) is 0.361. The number of hydrogen-bond acceptors (Lipinski definition) is 4. The Bertz CT molecular complexity index is 567. The molecule has 2 aliphatic heterocycles. The van der Waals surface area contributed by atoms with Crippen molar-refractivity contribution in [2.45, 2.75) is 39.2 Å². The predicted octanol–water partition coefficient (Wildman–Crippen LogP) is 2.24. The molecule has 1 aromatic heterocycles. The van der Waals surface area contributed by atoms with Gasteiger partial charge in [0.15, 0.2) is 0 Å². The van der Waals surface area contributed by atoms with Crippen molar-refractivity contribution in [3.8, 4) is 0 Å². The van der Waals surface area contributed by atoms with Gasteiger partial charge < -0.3 is 9.64 Å². The molecule has 3 heterocycles. The Morgan fingerprint density at radius 2 is 2.04 bits per heavy atom. The lowest BCUT2D eigenvalue weighted by atomic mass is 9.71. The summed E-state index contributed by atoms with van der Waals surface area (Å²) in [6.45, 7) is 7.23. The number of nitrogens with zero attached hydrogens (tertiary/aromatic N) is 3. The van der Waals surface area contributed by atoms with Crippen LogP contribution < -0.4 is 0 Å². The molecular weight excluding hydrogens is 302 g/mol. The Labute approximate surface area is 145 Å². The summed E-state index contributed by atoms with van der Waals surface area (Å²) < 4.78 is 5.15. The van der Waals surface area contributed by atoms with E-state index in [1.807, 2.05) is 17.2 Å². The van der Waals surface area contributed by atoms with Gasteiger partial charge >= 0.3 is 0 Å². The molecule has 24 heavy (non-hydrogen) atoms. The molecule has 2 aliphatic rings. The number of piperidine rings is 2. The lowest BCUT2D eigenvalue weighted by Gasteiger charge is -2.46. The number of pyridine rings is 1. The first-order chi connectivity index (χ1) is 11.6. The molecule has 2 saturated heterocycles. The SMILES string of the molecule is COCCN1CCCC2(CCN(Cc3ncccc3C)CC2)C1=O. The highest BCUT2D eigenvalue weighted by Crippen LogP contribution is 2.41. The minimum atomic E-state index is -0.123. The molecule has 0 atom stereocenters. The summed E-state index contributed by atoms with van der Waals surface area (Å²) in [5.41, 5.74) is 2.28. The summed E-state index contributed by atoms with van der Waals surface area (Å²) in [4.78, 5) is 21.9. The topological polar surface area (TPSA) is 45.7 Å². The number of methoxy groups -OCH3 is 1. The van der Waals surface area contributed by atoms with Gasteiger partial charge in [-0.3, -0.25) is 14.7 Å². The van der Waals surface area contributed by atoms with E-state index in [-0.39, 0.29) is 5.41 Å². The highest BCUT2D eigenvalue weighted by Gasteiger charge is 2.45. The zero-order valence-electron chi connectivity index (χ0n) is 15.0. The van der Waals surface area contributed by atoms with E-state index in [1.165, 1.54) is 5.56 Å². The second-order valence-corrected chi connectivity index (χ2v) is 7.21. The molecule has 0 saturated carbocycles. The van der Waals surface area contributed by atoms with Gasteiger partial charge in [-0.15, -0.1) is 0 Å². The van der Waals surface area contributed by atoms with Gasteiger partial charge in [0, 0.05) is 32.9 Å². The van der Waals surface area contributed by atoms with Crippen LogP contribution in [0.25, 0.3) is 0 Å². The van der Waals surface area contributed by atoms with Crippen molar-refractivity contribution in [3.05, 3.63) is 29.6 Å². The molecule has 3 rings (SSSR count). The lowest BCUT2D eigenvalue weighted by molar-refractivity contribution is -0.150. The van der Waals surface area contributed by atoms with Crippen LogP contribution in [-0.4, -0.2) is 60.6 Å². The van der Waals surface area contributed by atoms with Crippen LogP contribution in [0, 0.1) is 12.3 Å². The average molecular weight is 331 g/mol. The molecule has 5 nitrogen and oxygen atoms in total. The van der Waals surface area contributed by atoms with Gasteiger partial charge in [-0.05, 0) is 57.3 Å². The van der Waals surface area contributed by atoms with Crippen molar-refractivity contribution < 1.29 is 9.53 Å². The van der Waals surface area contributed by atoms with Crippen molar-refractivity contribution in [2.75, 3.05) is 39.9 Å². The Morgan fingerprint density at radius 1 is 1.25 bits per heavy atom. The van der Waals surface area contributed by atoms with Crippen LogP contribution >= 0.6 is 0 Å². The van der Waals surface area contributed by atoms with Crippen molar-refractivity contribution in [1.82, 2.24) is 14.8 Å². The maximum absolute atomic E-state index is 13.0. The number of carbonyl (C=O) groups excluding carboxylic acids is 1. The standard InChI is InChI=1S/C19H29N3O2/c1-16-5-3-9-20-17(16)15-21-11-7-19(8-12-21)6-4-10-22(18(19)23)13-14-24-2/h3,5,9H,4,6-8,10-15H2,1-2H3. The number of carbonyl (C=O) groups is 1. The third-order valence-electron chi connectivity index (χ3n) is 5.69. The molecule has 1 amide bonds.